The topological polar surface area (TPSA) is 69.5 Å². The van der Waals surface area contributed by atoms with Crippen LogP contribution in [0.15, 0.2) is 36.7 Å². The van der Waals surface area contributed by atoms with Crippen molar-refractivity contribution in [3.05, 3.63) is 47.4 Å². The summed E-state index contributed by atoms with van der Waals surface area (Å²) < 4.78 is 13.8. The Morgan fingerprint density at radius 3 is 2.61 bits per heavy atom. The summed E-state index contributed by atoms with van der Waals surface area (Å²) in [5.41, 5.74) is 2.79. The van der Waals surface area contributed by atoms with Gasteiger partial charge in [-0.1, -0.05) is 23.7 Å². The quantitative estimate of drug-likeness (QED) is 0.457. The minimum Gasteiger partial charge on any atom is -0.497 e. The number of amides is 1. The molecule has 0 N–H and O–H groups in total. The van der Waals surface area contributed by atoms with E-state index in [1.807, 2.05) is 42.4 Å². The molecule has 0 bridgehead atoms. The highest BCUT2D eigenvalue weighted by atomic mass is 35.5. The van der Waals surface area contributed by atoms with Gasteiger partial charge in [-0.2, -0.15) is 4.98 Å². The van der Waals surface area contributed by atoms with Crippen LogP contribution in [0.25, 0.3) is 11.0 Å². The molecule has 33 heavy (non-hydrogen) atoms. The number of halogens is 1. The fraction of sp³-hybridized carbons (Fsp3) is 0.480. The number of hydrogen-bond donors (Lipinski definition) is 0. The predicted octanol–water partition coefficient (Wildman–Crippen LogP) is 4.98. The summed E-state index contributed by atoms with van der Waals surface area (Å²) in [4.78, 5) is 23.9. The van der Waals surface area contributed by atoms with E-state index in [1.54, 1.807) is 13.2 Å². The van der Waals surface area contributed by atoms with Crippen LogP contribution in [0, 0.1) is 5.92 Å². The molecule has 8 heteroatoms. The van der Waals surface area contributed by atoms with Crippen LogP contribution in [0.3, 0.4) is 0 Å². The van der Waals surface area contributed by atoms with Crippen LogP contribution >= 0.6 is 11.6 Å². The number of fused-ring (bicyclic) bond motifs is 1. The van der Waals surface area contributed by atoms with Gasteiger partial charge in [0.15, 0.2) is 0 Å². The van der Waals surface area contributed by atoms with E-state index in [4.69, 9.17) is 21.1 Å². The number of hydrogen-bond acceptors (Lipinski definition) is 5. The van der Waals surface area contributed by atoms with Crippen molar-refractivity contribution < 1.29 is 14.3 Å². The Morgan fingerprint density at radius 2 is 1.94 bits per heavy atom. The number of ether oxygens (including phenoxy) is 2. The lowest BCUT2D eigenvalue weighted by atomic mass is 10.0. The third-order valence-corrected chi connectivity index (χ3v) is 7.43. The van der Waals surface area contributed by atoms with Crippen molar-refractivity contribution in [1.29, 1.82) is 0 Å². The first-order valence-electron chi connectivity index (χ1n) is 11.4. The smallest absolute Gasteiger partial charge is 0.242 e. The first-order chi connectivity index (χ1) is 15.8. The molecule has 2 aromatic heterocycles. The molecule has 1 aliphatic heterocycles. The largest absolute Gasteiger partial charge is 0.497 e. The molecule has 0 spiro atoms. The highest BCUT2D eigenvalue weighted by molar-refractivity contribution is 6.30. The van der Waals surface area contributed by atoms with E-state index in [-0.39, 0.29) is 29.5 Å². The van der Waals surface area contributed by atoms with Crippen molar-refractivity contribution in [1.82, 2.24) is 19.4 Å². The average Bonchev–Trinajstić information content (AvgIpc) is 3.20. The van der Waals surface area contributed by atoms with Gasteiger partial charge in [-0.15, -0.1) is 0 Å². The molecule has 1 unspecified atom stereocenters. The monoisotopic (exact) mass is 468 g/mol. The van der Waals surface area contributed by atoms with Crippen molar-refractivity contribution in [2.24, 2.45) is 5.92 Å². The molecule has 174 valence electrons. The second kappa shape index (κ2) is 8.20. The number of likely N-dealkylation sites (tertiary alicyclic amines) is 1. The van der Waals surface area contributed by atoms with E-state index in [0.717, 1.165) is 35.2 Å². The van der Waals surface area contributed by atoms with Crippen LogP contribution in [0.5, 0.6) is 11.6 Å². The summed E-state index contributed by atoms with van der Waals surface area (Å²) >= 11 is 6.27. The lowest BCUT2D eigenvalue weighted by molar-refractivity contribution is -0.129. The number of methoxy groups -OCH3 is 1. The van der Waals surface area contributed by atoms with E-state index in [0.29, 0.717) is 24.0 Å². The van der Waals surface area contributed by atoms with Crippen molar-refractivity contribution >= 4 is 28.5 Å². The molecule has 1 amide bonds. The van der Waals surface area contributed by atoms with Crippen LogP contribution in [0.1, 0.15) is 51.6 Å². The molecular formula is C25H29ClN4O3. The van der Waals surface area contributed by atoms with Crippen LogP contribution in [0.4, 0.5) is 0 Å². The summed E-state index contributed by atoms with van der Waals surface area (Å²) in [5.74, 6) is 1.49. The van der Waals surface area contributed by atoms with Crippen LogP contribution < -0.4 is 9.47 Å². The molecule has 5 rings (SSSR count). The predicted molar refractivity (Wildman–Crippen MR) is 127 cm³/mol. The Balaban J connectivity index is 1.34. The number of carbonyl (C=O) groups is 1. The van der Waals surface area contributed by atoms with Gasteiger partial charge < -0.3 is 18.9 Å². The molecule has 3 heterocycles. The Morgan fingerprint density at radius 1 is 1.21 bits per heavy atom. The molecule has 0 radical (unpaired) electrons. The molecule has 3 aromatic rings. The molecule has 1 saturated heterocycles. The second-order valence-electron chi connectivity index (χ2n) is 9.51. The SMILES string of the molecule is COc1ccc([C@@H](C)N2CC([C@@H](C)Oc3nc(Cl)cc4ncn(C5(C)CC5)c34)CC2=O)cc1. The standard InChI is InChI=1S/C25H29ClN4O3/c1-15(17-5-7-19(32-4)8-6-17)29-13-18(11-22(29)31)16(2)33-24-23-20(12-21(26)28-24)27-14-30(23)25(3)9-10-25/h5-8,12,14-16,18H,9-11,13H2,1-4H3/t15-,16-,18?/m1/s1. The summed E-state index contributed by atoms with van der Waals surface area (Å²) in [6, 6.07) is 9.62. The number of nitrogens with zero attached hydrogens (tertiary/aromatic N) is 4. The maximum absolute atomic E-state index is 12.9. The van der Waals surface area contributed by atoms with Crippen molar-refractivity contribution in [2.75, 3.05) is 13.7 Å². The number of aromatic nitrogens is 3. The first kappa shape index (κ1) is 22.0. The van der Waals surface area contributed by atoms with Crippen molar-refractivity contribution in [2.45, 2.75) is 57.7 Å². The zero-order valence-corrected chi connectivity index (χ0v) is 20.2. The molecule has 7 nitrogen and oxygen atoms in total. The van der Waals surface area contributed by atoms with Gasteiger partial charge in [-0.25, -0.2) is 4.98 Å². The van der Waals surface area contributed by atoms with Crippen LogP contribution in [-0.4, -0.2) is 45.1 Å². The number of benzene rings is 1. The molecule has 1 aliphatic carbocycles. The van der Waals surface area contributed by atoms with Gasteiger partial charge >= 0.3 is 0 Å². The lowest BCUT2D eigenvalue weighted by Gasteiger charge is -2.27. The number of imidazole rings is 1. The summed E-state index contributed by atoms with van der Waals surface area (Å²) in [5, 5.41) is 0.355. The molecule has 2 aliphatic rings. The van der Waals surface area contributed by atoms with Gasteiger partial charge in [0.2, 0.25) is 11.8 Å². The van der Waals surface area contributed by atoms with Gasteiger partial charge in [-0.3, -0.25) is 4.79 Å². The Hall–Kier alpha value is -2.80. The maximum Gasteiger partial charge on any atom is 0.242 e. The third-order valence-electron chi connectivity index (χ3n) is 7.23. The zero-order valence-electron chi connectivity index (χ0n) is 19.4. The molecule has 1 saturated carbocycles. The molecular weight excluding hydrogens is 440 g/mol. The Labute approximate surface area is 198 Å². The van der Waals surface area contributed by atoms with Crippen LogP contribution in [-0.2, 0) is 10.3 Å². The van der Waals surface area contributed by atoms with Crippen molar-refractivity contribution in [3.63, 3.8) is 0 Å². The van der Waals surface area contributed by atoms with Crippen molar-refractivity contribution in [3.8, 4) is 11.6 Å². The molecule has 1 aromatic carbocycles. The maximum atomic E-state index is 12.9. The van der Waals surface area contributed by atoms with Gasteiger partial charge in [0.25, 0.3) is 0 Å². The Bertz CT molecular complexity index is 1190. The first-order valence-corrected chi connectivity index (χ1v) is 11.8. The van der Waals surface area contributed by atoms with E-state index in [2.05, 4.69) is 28.4 Å². The van der Waals surface area contributed by atoms with Gasteiger partial charge in [0.1, 0.15) is 22.5 Å². The van der Waals surface area contributed by atoms with E-state index in [1.165, 1.54) is 0 Å². The average molecular weight is 469 g/mol. The third kappa shape index (κ3) is 4.03. The van der Waals surface area contributed by atoms with Gasteiger partial charge in [-0.05, 0) is 51.3 Å². The normalized spacial score (nSPS) is 21.3. The van der Waals surface area contributed by atoms with E-state index >= 15 is 0 Å². The minimum atomic E-state index is -0.202. The highest BCUT2D eigenvalue weighted by Crippen LogP contribution is 2.46. The minimum absolute atomic E-state index is 0.0205. The van der Waals surface area contributed by atoms with Gasteiger partial charge in [0, 0.05) is 30.5 Å². The second-order valence-corrected chi connectivity index (χ2v) is 9.90. The Kier molecular flexibility index (Phi) is 5.47. The summed E-state index contributed by atoms with van der Waals surface area (Å²) in [6.07, 6.45) is 4.30. The number of pyridine rings is 1. The highest BCUT2D eigenvalue weighted by Gasteiger charge is 2.41. The fourth-order valence-electron chi connectivity index (χ4n) is 4.67. The number of rotatable bonds is 7. The lowest BCUT2D eigenvalue weighted by Crippen LogP contribution is -2.31. The molecule has 3 atom stereocenters. The molecule has 2 fully saturated rings. The van der Waals surface area contributed by atoms with Crippen LogP contribution in [0.2, 0.25) is 5.15 Å². The summed E-state index contributed by atoms with van der Waals surface area (Å²) in [6.45, 7) is 6.91. The fourth-order valence-corrected chi connectivity index (χ4v) is 4.85. The number of carbonyl (C=O) groups excluding carboxylic acids is 1. The zero-order chi connectivity index (χ0) is 23.3. The van der Waals surface area contributed by atoms with E-state index in [9.17, 15) is 4.79 Å². The summed E-state index contributed by atoms with van der Waals surface area (Å²) in [7, 11) is 1.65. The van der Waals surface area contributed by atoms with Gasteiger partial charge in [0.05, 0.1) is 25.0 Å². The van der Waals surface area contributed by atoms with E-state index < -0.39 is 0 Å².